The molecule has 0 aromatic carbocycles. The third-order valence-corrected chi connectivity index (χ3v) is 4.72. The van der Waals surface area contributed by atoms with Crippen LogP contribution in [0.1, 0.15) is 32.1 Å². The molecule has 0 unspecified atom stereocenters. The number of fused-ring (bicyclic) bond motifs is 1. The molecule has 0 fully saturated rings. The molecule has 0 aliphatic carbocycles. The summed E-state index contributed by atoms with van der Waals surface area (Å²) in [5.41, 5.74) is 0.450. The lowest BCUT2D eigenvalue weighted by Gasteiger charge is -2.22. The molecule has 0 amide bonds. The Morgan fingerprint density at radius 3 is 2.58 bits per heavy atom. The van der Waals surface area contributed by atoms with Crippen LogP contribution in [0.2, 0.25) is 0 Å². The van der Waals surface area contributed by atoms with E-state index in [1.54, 1.807) is 0 Å². The van der Waals surface area contributed by atoms with E-state index in [-0.39, 0.29) is 11.0 Å². The van der Waals surface area contributed by atoms with Crippen molar-refractivity contribution in [3.63, 3.8) is 0 Å². The van der Waals surface area contributed by atoms with Gasteiger partial charge in [0.1, 0.15) is 15.7 Å². The van der Waals surface area contributed by atoms with Crippen molar-refractivity contribution < 1.29 is 0 Å². The first-order valence-electron chi connectivity index (χ1n) is 6.11. The maximum atomic E-state index is 12.0. The van der Waals surface area contributed by atoms with Gasteiger partial charge < -0.3 is 0 Å². The summed E-state index contributed by atoms with van der Waals surface area (Å²) in [7, 11) is 17.4. The molecule has 2 heterocycles. The lowest BCUT2D eigenvalue weighted by atomic mass is 9.81. The minimum atomic E-state index is -0.404. The Bertz CT molecular complexity index is 690. The molecule has 0 saturated carbocycles. The molecule has 7 heteroatoms. The molecular weight excluding hydrogens is 253 g/mol. The number of hydrogen-bond acceptors (Lipinski definition) is 3. The lowest BCUT2D eigenvalue weighted by molar-refractivity contribution is 0.352. The first-order chi connectivity index (χ1) is 8.76. The zero-order chi connectivity index (χ0) is 14.4. The first-order valence-corrected chi connectivity index (χ1v) is 6.93. The van der Waals surface area contributed by atoms with Crippen molar-refractivity contribution in [3.8, 4) is 0 Å². The molecule has 2 aromatic heterocycles. The fourth-order valence-electron chi connectivity index (χ4n) is 1.90. The van der Waals surface area contributed by atoms with Crippen LogP contribution in [0.15, 0.2) is 4.79 Å². The predicted octanol–water partition coefficient (Wildman–Crippen LogP) is -0.0441. The van der Waals surface area contributed by atoms with Crippen molar-refractivity contribution in [2.45, 2.75) is 33.6 Å². The van der Waals surface area contributed by atoms with Crippen LogP contribution < -0.4 is 16.6 Å². The first kappa shape index (κ1) is 14.4. The Labute approximate surface area is 120 Å². The van der Waals surface area contributed by atoms with E-state index in [0.717, 1.165) is 22.3 Å². The van der Waals surface area contributed by atoms with E-state index in [0.29, 0.717) is 15.5 Å². The summed E-state index contributed by atoms with van der Waals surface area (Å²) in [5.74, 6) is 0. The van der Waals surface area contributed by atoms with Crippen LogP contribution >= 0.6 is 11.3 Å². The Balaban J connectivity index is 2.67. The van der Waals surface area contributed by atoms with E-state index < -0.39 is 5.56 Å². The second-order valence-electron chi connectivity index (χ2n) is 5.47. The van der Waals surface area contributed by atoms with Gasteiger partial charge in [-0.25, -0.2) is 0 Å². The van der Waals surface area contributed by atoms with E-state index >= 15 is 0 Å². The second-order valence-corrected chi connectivity index (χ2v) is 6.58. The Morgan fingerprint density at radius 1 is 1.37 bits per heavy atom. The summed E-state index contributed by atoms with van der Waals surface area (Å²) in [6.45, 7) is 6.46. The van der Waals surface area contributed by atoms with Crippen LogP contribution in [0.3, 0.4) is 0 Å². The summed E-state index contributed by atoms with van der Waals surface area (Å²) >= 11 is 1.43. The monoisotopic (exact) mass is 266 g/mol. The van der Waals surface area contributed by atoms with Crippen LogP contribution in [-0.4, -0.2) is 33.4 Å². The molecule has 0 aliphatic rings. The molecule has 2 rings (SSSR count). The molecule has 0 bridgehead atoms. The van der Waals surface area contributed by atoms with E-state index in [9.17, 15) is 4.79 Å². The van der Waals surface area contributed by atoms with Gasteiger partial charge in [0, 0.05) is 5.59 Å². The zero-order valence-corrected chi connectivity index (χ0v) is 12.2. The van der Waals surface area contributed by atoms with Crippen molar-refractivity contribution in [1.29, 1.82) is 0 Å². The fraction of sp³-hybridized carbons (Fsp3) is 0.500. The van der Waals surface area contributed by atoms with Gasteiger partial charge in [-0.3, -0.25) is 9.39 Å². The quantitative estimate of drug-likeness (QED) is 0.730. The largest absolute Gasteiger partial charge is 0.292 e. The van der Waals surface area contributed by atoms with Gasteiger partial charge in [-0.15, -0.1) is 11.3 Å². The smallest absolute Gasteiger partial charge is 0.269 e. The Kier molecular flexibility index (Phi) is 3.69. The topological polar surface area (TPSA) is 34.9 Å². The van der Waals surface area contributed by atoms with Crippen LogP contribution in [-0.2, 0) is 6.42 Å². The average Bonchev–Trinajstić information content (AvgIpc) is 2.64. The van der Waals surface area contributed by atoms with Gasteiger partial charge in [-0.2, -0.15) is 5.10 Å². The average molecular weight is 266 g/mol. The van der Waals surface area contributed by atoms with Crippen molar-refractivity contribution in [3.05, 3.63) is 15.2 Å². The number of rotatable bonds is 3. The molecule has 2 aromatic rings. The minimum absolute atomic E-state index is 0.124. The van der Waals surface area contributed by atoms with Gasteiger partial charge in [0.05, 0.1) is 10.1 Å². The van der Waals surface area contributed by atoms with Gasteiger partial charge in [-0.05, 0) is 16.7 Å². The lowest BCUT2D eigenvalue weighted by Crippen LogP contribution is -2.31. The van der Waals surface area contributed by atoms with E-state index in [1.165, 1.54) is 11.3 Å². The van der Waals surface area contributed by atoms with Gasteiger partial charge in [-0.1, -0.05) is 32.7 Å². The highest BCUT2D eigenvalue weighted by Crippen LogP contribution is 2.29. The highest BCUT2D eigenvalue weighted by molar-refractivity contribution is 7.21. The molecule has 6 radical (unpaired) electrons. The summed E-state index contributed by atoms with van der Waals surface area (Å²) in [6.07, 6.45) is 1.83. The maximum Gasteiger partial charge on any atom is 0.269 e. The normalized spacial score (nSPS) is 12.2. The van der Waals surface area contributed by atoms with Crippen LogP contribution in [0.5, 0.6) is 0 Å². The molecule has 92 valence electrons. The molecule has 3 nitrogen and oxygen atoms in total. The molecule has 19 heavy (non-hydrogen) atoms. The highest BCUT2D eigenvalue weighted by Gasteiger charge is 2.21. The van der Waals surface area contributed by atoms with Crippen LogP contribution in [0, 0.1) is 5.41 Å². The molecule has 0 N–H and O–H groups in total. The zero-order valence-electron chi connectivity index (χ0n) is 11.4. The summed E-state index contributed by atoms with van der Waals surface area (Å²) in [6, 6.07) is 0. The van der Waals surface area contributed by atoms with Crippen molar-refractivity contribution in [1.82, 2.24) is 9.69 Å². The molecule has 0 aliphatic heterocycles. The predicted molar refractivity (Wildman–Crippen MR) is 83.6 cm³/mol. The van der Waals surface area contributed by atoms with Gasteiger partial charge >= 0.3 is 0 Å². The van der Waals surface area contributed by atoms with E-state index in [1.807, 2.05) is 0 Å². The molecular formula is C12H13B3N2OS. The molecule has 0 atom stereocenters. The maximum absolute atomic E-state index is 12.0. The van der Waals surface area contributed by atoms with E-state index in [4.69, 9.17) is 23.7 Å². The number of hydrogen-bond donors (Lipinski definition) is 0. The summed E-state index contributed by atoms with van der Waals surface area (Å²) < 4.78 is 1.38. The fourth-order valence-corrected chi connectivity index (χ4v) is 3.26. The number of nitrogens with zero attached hydrogens (tertiary/aromatic N) is 2. The third kappa shape index (κ3) is 2.53. The van der Waals surface area contributed by atoms with Crippen molar-refractivity contribution in [2.75, 3.05) is 0 Å². The number of aromatic nitrogens is 2. The SMILES string of the molecule is [B]c1nn([B])c(=O)c2c([B])c(CC(C)(C)CC)sc12. The second kappa shape index (κ2) is 4.86. The molecule has 0 spiro atoms. The Morgan fingerprint density at radius 2 is 2.00 bits per heavy atom. The highest BCUT2D eigenvalue weighted by atomic mass is 32.1. The van der Waals surface area contributed by atoms with Crippen LogP contribution in [0.25, 0.3) is 10.1 Å². The standard InChI is InChI=1S/C12H13B3N2OS/c1-4-12(2,3)5-6-8(13)7-9(19-6)10(14)16-17(15)11(7)18/h4-5H2,1-3H3. The van der Waals surface area contributed by atoms with Gasteiger partial charge in [0.2, 0.25) is 0 Å². The van der Waals surface area contributed by atoms with E-state index in [2.05, 4.69) is 25.9 Å². The molecule has 0 saturated heterocycles. The van der Waals surface area contributed by atoms with Crippen LogP contribution in [0.4, 0.5) is 0 Å². The Hall–Kier alpha value is -0.965. The van der Waals surface area contributed by atoms with Crippen molar-refractivity contribution in [2.24, 2.45) is 5.41 Å². The summed E-state index contributed by atoms with van der Waals surface area (Å²) in [4.78, 5) is 13.0. The summed E-state index contributed by atoms with van der Waals surface area (Å²) in [5, 5.41) is 4.18. The van der Waals surface area contributed by atoms with Gasteiger partial charge in [0.25, 0.3) is 13.5 Å². The third-order valence-electron chi connectivity index (χ3n) is 3.49. The number of thiophene rings is 1. The minimum Gasteiger partial charge on any atom is -0.292 e. The van der Waals surface area contributed by atoms with Crippen molar-refractivity contribution >= 4 is 56.2 Å². The van der Waals surface area contributed by atoms with Gasteiger partial charge in [0.15, 0.2) is 0 Å².